The maximum absolute atomic E-state index is 15.0. The number of hydrogen-bond acceptors (Lipinski definition) is 7. The molecular formula is C15H23FN3O7P. The molecule has 0 aliphatic carbocycles. The van der Waals surface area contributed by atoms with Crippen molar-refractivity contribution >= 4 is 13.3 Å². The number of ketones is 1. The van der Waals surface area contributed by atoms with E-state index in [0.717, 1.165) is 23.8 Å². The molecule has 0 amide bonds. The molecule has 152 valence electrons. The first-order valence-corrected chi connectivity index (χ1v) is 10.3. The van der Waals surface area contributed by atoms with Gasteiger partial charge in [-0.15, -0.1) is 0 Å². The summed E-state index contributed by atoms with van der Waals surface area (Å²) in [5.41, 5.74) is -3.94. The van der Waals surface area contributed by atoms with Crippen molar-refractivity contribution < 1.29 is 28.1 Å². The smallest absolute Gasteiger partial charge is 0.330 e. The lowest BCUT2D eigenvalue weighted by Crippen LogP contribution is -2.43. The molecule has 1 aliphatic rings. The normalized spacial score (nSPS) is 31.4. The Morgan fingerprint density at radius 1 is 1.59 bits per heavy atom. The van der Waals surface area contributed by atoms with Crippen LogP contribution in [-0.4, -0.2) is 57.6 Å². The van der Waals surface area contributed by atoms with Crippen molar-refractivity contribution in [2.45, 2.75) is 50.9 Å². The fraction of sp³-hybridized carbons (Fsp3) is 0.667. The Kier molecular flexibility index (Phi) is 6.23. The van der Waals surface area contributed by atoms with Crippen LogP contribution in [0.2, 0.25) is 0 Å². The van der Waals surface area contributed by atoms with E-state index >= 15 is 4.39 Å². The maximum atomic E-state index is 15.0. The number of ether oxygens (including phenoxy) is 1. The van der Waals surface area contributed by atoms with Crippen molar-refractivity contribution in [2.75, 3.05) is 13.3 Å². The van der Waals surface area contributed by atoms with Gasteiger partial charge < -0.3 is 14.4 Å². The molecule has 0 saturated carbocycles. The molecule has 1 aliphatic heterocycles. The van der Waals surface area contributed by atoms with Crippen LogP contribution in [0.3, 0.4) is 0 Å². The molecule has 12 heteroatoms. The molecule has 6 atom stereocenters. The van der Waals surface area contributed by atoms with Crippen molar-refractivity contribution in [1.29, 1.82) is 0 Å². The summed E-state index contributed by atoms with van der Waals surface area (Å²) in [6, 6.07) is 0.304. The summed E-state index contributed by atoms with van der Waals surface area (Å²) in [4.78, 5) is 36.3. The highest BCUT2D eigenvalue weighted by atomic mass is 31.2. The monoisotopic (exact) mass is 407 g/mol. The molecule has 1 aromatic heterocycles. The summed E-state index contributed by atoms with van der Waals surface area (Å²) in [6.07, 6.45) is -3.38. The first-order chi connectivity index (χ1) is 12.3. The molecule has 0 radical (unpaired) electrons. The summed E-state index contributed by atoms with van der Waals surface area (Å²) in [5, 5.41) is 12.8. The predicted octanol–water partition coefficient (Wildman–Crippen LogP) is -0.0703. The van der Waals surface area contributed by atoms with Gasteiger partial charge in [0.1, 0.15) is 18.0 Å². The summed E-state index contributed by atoms with van der Waals surface area (Å²) in [7, 11) is -3.43. The van der Waals surface area contributed by atoms with E-state index in [1.807, 2.05) is 4.98 Å². The van der Waals surface area contributed by atoms with Crippen LogP contribution in [0.15, 0.2) is 21.9 Å². The number of aliphatic hydroxyl groups excluding tert-OH is 1. The Bertz CT molecular complexity index is 867. The number of halogens is 1. The lowest BCUT2D eigenvalue weighted by molar-refractivity contribution is -0.118. The molecular weight excluding hydrogens is 384 g/mol. The Balaban J connectivity index is 2.14. The summed E-state index contributed by atoms with van der Waals surface area (Å²) < 4.78 is 38.9. The number of alkyl halides is 1. The van der Waals surface area contributed by atoms with Gasteiger partial charge in [-0.05, 0) is 20.8 Å². The average molecular weight is 407 g/mol. The van der Waals surface area contributed by atoms with Gasteiger partial charge in [0.25, 0.3) is 13.1 Å². The van der Waals surface area contributed by atoms with E-state index in [2.05, 4.69) is 5.09 Å². The van der Waals surface area contributed by atoms with Gasteiger partial charge >= 0.3 is 5.69 Å². The van der Waals surface area contributed by atoms with E-state index in [0.29, 0.717) is 0 Å². The SMILES string of the molecule is CC(=O)[C@@H](C)N[P@](C)(=O)OC[C@H]1O[C@@H](n2ccc(=O)[nH]c2=O)[C@](C)(F)[C@@H]1O. The van der Waals surface area contributed by atoms with Gasteiger partial charge in [-0.2, -0.15) is 0 Å². The van der Waals surface area contributed by atoms with E-state index < -0.39 is 55.5 Å². The van der Waals surface area contributed by atoms with Gasteiger partial charge in [-0.3, -0.25) is 23.7 Å². The van der Waals surface area contributed by atoms with Gasteiger partial charge in [-0.1, -0.05) is 0 Å². The highest BCUT2D eigenvalue weighted by Crippen LogP contribution is 2.44. The van der Waals surface area contributed by atoms with Crippen LogP contribution >= 0.6 is 7.52 Å². The molecule has 0 spiro atoms. The Morgan fingerprint density at radius 3 is 2.78 bits per heavy atom. The van der Waals surface area contributed by atoms with Gasteiger partial charge in [0.15, 0.2) is 11.9 Å². The van der Waals surface area contributed by atoms with Crippen molar-refractivity contribution in [3.8, 4) is 0 Å². The van der Waals surface area contributed by atoms with Crippen molar-refractivity contribution in [3.05, 3.63) is 33.1 Å². The number of aromatic amines is 1. The number of carbonyl (C=O) groups is 1. The molecule has 1 aromatic rings. The Labute approximate surface area is 154 Å². The Hall–Kier alpha value is -1.65. The molecule has 1 saturated heterocycles. The fourth-order valence-electron chi connectivity index (χ4n) is 2.66. The zero-order chi connectivity index (χ0) is 20.6. The van der Waals surface area contributed by atoms with Crippen LogP contribution in [0, 0.1) is 0 Å². The topological polar surface area (TPSA) is 140 Å². The van der Waals surface area contributed by atoms with E-state index in [-0.39, 0.29) is 5.78 Å². The summed E-state index contributed by atoms with van der Waals surface area (Å²) in [6.45, 7) is 4.68. The maximum Gasteiger partial charge on any atom is 0.330 e. The summed E-state index contributed by atoms with van der Waals surface area (Å²) in [5.74, 6) is -0.244. The lowest BCUT2D eigenvalue weighted by Gasteiger charge is -2.24. The minimum atomic E-state index is -3.43. The summed E-state index contributed by atoms with van der Waals surface area (Å²) >= 11 is 0. The average Bonchev–Trinajstić information content (AvgIpc) is 2.76. The third kappa shape index (κ3) is 4.80. The molecule has 2 rings (SSSR count). The molecule has 1 fully saturated rings. The number of rotatable bonds is 7. The molecule has 27 heavy (non-hydrogen) atoms. The zero-order valence-corrected chi connectivity index (χ0v) is 16.2. The number of nitrogens with zero attached hydrogens (tertiary/aromatic N) is 1. The lowest BCUT2D eigenvalue weighted by atomic mass is 9.98. The standard InChI is InChI=1S/C15H23FN3O7P/c1-8(9(2)20)18-27(4,24)25-7-10-12(22)15(3,16)13(26-10)19-6-5-11(21)17-14(19)23/h5-6,8,10,12-13,22H,7H2,1-4H3,(H,18,24)(H,17,21,23)/t8-,10-,12-,13-,15-,27-/m1/s1. The molecule has 10 nitrogen and oxygen atoms in total. The van der Waals surface area contributed by atoms with Gasteiger partial charge in [0, 0.05) is 18.9 Å². The van der Waals surface area contributed by atoms with E-state index in [1.165, 1.54) is 20.5 Å². The van der Waals surface area contributed by atoms with Crippen molar-refractivity contribution in [2.24, 2.45) is 0 Å². The minimum absolute atomic E-state index is 0.244. The number of aromatic nitrogens is 2. The highest BCUT2D eigenvalue weighted by Gasteiger charge is 2.55. The van der Waals surface area contributed by atoms with Crippen molar-refractivity contribution in [1.82, 2.24) is 14.6 Å². The van der Waals surface area contributed by atoms with Gasteiger partial charge in [0.05, 0.1) is 12.6 Å². The predicted molar refractivity (Wildman–Crippen MR) is 93.5 cm³/mol. The number of carbonyl (C=O) groups excluding carboxylic acids is 1. The third-order valence-corrected chi connectivity index (χ3v) is 5.84. The number of aliphatic hydroxyl groups is 1. The van der Waals surface area contributed by atoms with Crippen molar-refractivity contribution in [3.63, 3.8) is 0 Å². The Morgan fingerprint density at radius 2 is 2.22 bits per heavy atom. The highest BCUT2D eigenvalue weighted by molar-refractivity contribution is 7.56. The van der Waals surface area contributed by atoms with Crippen LogP contribution in [-0.2, 0) is 18.6 Å². The van der Waals surface area contributed by atoms with Crippen LogP contribution in [0.25, 0.3) is 0 Å². The second-order valence-corrected chi connectivity index (χ2v) is 8.95. The fourth-order valence-corrected chi connectivity index (χ4v) is 4.05. The molecule has 0 bridgehead atoms. The number of hydrogen-bond donors (Lipinski definition) is 3. The van der Waals surface area contributed by atoms with E-state index in [4.69, 9.17) is 9.26 Å². The van der Waals surface area contributed by atoms with E-state index in [9.17, 15) is 24.1 Å². The van der Waals surface area contributed by atoms with E-state index in [1.54, 1.807) is 0 Å². The van der Waals surface area contributed by atoms with Crippen LogP contribution < -0.4 is 16.3 Å². The van der Waals surface area contributed by atoms with Gasteiger partial charge in [-0.25, -0.2) is 14.3 Å². The number of Topliss-reactive ketones (excluding diaryl/α,β-unsaturated/α-hetero) is 1. The largest absolute Gasteiger partial charge is 0.387 e. The molecule has 0 unspecified atom stereocenters. The molecule has 3 N–H and O–H groups in total. The number of H-pyrrole nitrogens is 1. The molecule has 0 aromatic carbocycles. The second kappa shape index (κ2) is 7.76. The quantitative estimate of drug-likeness (QED) is 0.534. The van der Waals surface area contributed by atoms with Crippen LogP contribution in [0.5, 0.6) is 0 Å². The van der Waals surface area contributed by atoms with Gasteiger partial charge in [0.2, 0.25) is 0 Å². The third-order valence-electron chi connectivity index (χ3n) is 4.34. The number of nitrogens with one attached hydrogen (secondary N) is 2. The second-order valence-electron chi connectivity index (χ2n) is 6.74. The van der Waals surface area contributed by atoms with Crippen LogP contribution in [0.1, 0.15) is 27.0 Å². The minimum Gasteiger partial charge on any atom is -0.387 e. The first-order valence-electron chi connectivity index (χ1n) is 8.19. The van der Waals surface area contributed by atoms with Crippen LogP contribution in [0.4, 0.5) is 4.39 Å². The molecule has 2 heterocycles. The zero-order valence-electron chi connectivity index (χ0n) is 15.3. The first kappa shape index (κ1) is 21.6.